The average Bonchev–Trinajstić information content (AvgIpc) is 2.58. The molecule has 3 heteroatoms. The van der Waals surface area contributed by atoms with Crippen molar-refractivity contribution in [1.82, 2.24) is 9.88 Å². The third-order valence-corrected chi connectivity index (χ3v) is 3.11. The minimum absolute atomic E-state index is 0.120. The molecule has 1 aromatic heterocycles. The maximum absolute atomic E-state index is 11.1. The Hall–Kier alpha value is -1.25. The Balaban J connectivity index is 2.20. The number of nitrogens with one attached hydrogen (secondary N) is 1. The number of carbonyl (C=O) groups is 1. The molecule has 0 saturated carbocycles. The van der Waals surface area contributed by atoms with Crippen molar-refractivity contribution in [3.05, 3.63) is 24.0 Å². The summed E-state index contributed by atoms with van der Waals surface area (Å²) in [4.78, 5) is 11.1. The number of hydrogen-bond acceptors (Lipinski definition) is 1. The Morgan fingerprint density at radius 2 is 2.36 bits per heavy atom. The van der Waals surface area contributed by atoms with Crippen LogP contribution in [-0.2, 0) is 17.3 Å². The van der Waals surface area contributed by atoms with Gasteiger partial charge in [-0.2, -0.15) is 0 Å². The van der Waals surface area contributed by atoms with Crippen molar-refractivity contribution in [1.29, 1.82) is 0 Å². The second kappa shape index (κ2) is 3.15. The zero-order valence-corrected chi connectivity index (χ0v) is 8.71. The van der Waals surface area contributed by atoms with E-state index in [4.69, 9.17) is 0 Å². The fraction of sp³-hybridized carbons (Fsp3) is 0.545. The molecule has 0 bridgehead atoms. The molecule has 76 valence electrons. The molecular formula is C11H16N2O. The molecule has 1 N–H and O–H groups in total. The van der Waals surface area contributed by atoms with Crippen LogP contribution in [-0.4, -0.2) is 17.0 Å². The monoisotopic (exact) mass is 192 g/mol. The van der Waals surface area contributed by atoms with Crippen molar-refractivity contribution in [2.24, 2.45) is 7.05 Å². The Morgan fingerprint density at radius 1 is 1.57 bits per heavy atom. The van der Waals surface area contributed by atoms with E-state index in [0.717, 1.165) is 13.0 Å². The van der Waals surface area contributed by atoms with E-state index in [9.17, 15) is 4.79 Å². The van der Waals surface area contributed by atoms with Crippen LogP contribution >= 0.6 is 0 Å². The van der Waals surface area contributed by atoms with Gasteiger partial charge < -0.3 is 9.88 Å². The summed E-state index contributed by atoms with van der Waals surface area (Å²) in [5.74, 6) is 0.179. The van der Waals surface area contributed by atoms with Gasteiger partial charge in [0.2, 0.25) is 5.91 Å². The second-order valence-electron chi connectivity index (χ2n) is 4.40. The van der Waals surface area contributed by atoms with E-state index in [-0.39, 0.29) is 11.3 Å². The fourth-order valence-corrected chi connectivity index (χ4v) is 1.97. The lowest BCUT2D eigenvalue weighted by Crippen LogP contribution is -2.44. The van der Waals surface area contributed by atoms with Crippen molar-refractivity contribution >= 4 is 5.91 Å². The van der Waals surface area contributed by atoms with Gasteiger partial charge >= 0.3 is 0 Å². The van der Waals surface area contributed by atoms with Crippen LogP contribution in [0.4, 0.5) is 0 Å². The van der Waals surface area contributed by atoms with Gasteiger partial charge in [-0.05, 0) is 18.1 Å². The Labute approximate surface area is 84.1 Å². The van der Waals surface area contributed by atoms with Crippen LogP contribution in [0, 0.1) is 0 Å². The van der Waals surface area contributed by atoms with Crippen molar-refractivity contribution in [2.75, 3.05) is 6.54 Å². The topological polar surface area (TPSA) is 34.0 Å². The molecule has 1 fully saturated rings. The summed E-state index contributed by atoms with van der Waals surface area (Å²) in [5.41, 5.74) is 1.44. The van der Waals surface area contributed by atoms with Gasteiger partial charge in [0.05, 0.1) is 0 Å². The number of rotatable bonds is 1. The third kappa shape index (κ3) is 1.54. The molecule has 1 amide bonds. The molecule has 0 aliphatic carbocycles. The Bertz CT molecular complexity index is 344. The molecule has 1 unspecified atom stereocenters. The lowest BCUT2D eigenvalue weighted by atomic mass is 9.78. The van der Waals surface area contributed by atoms with Crippen LogP contribution in [0.5, 0.6) is 0 Å². The highest BCUT2D eigenvalue weighted by Crippen LogP contribution is 2.30. The van der Waals surface area contributed by atoms with Crippen molar-refractivity contribution in [2.45, 2.75) is 25.2 Å². The van der Waals surface area contributed by atoms with E-state index in [1.807, 2.05) is 7.05 Å². The zero-order valence-electron chi connectivity index (χ0n) is 8.71. The van der Waals surface area contributed by atoms with Gasteiger partial charge in [-0.1, -0.05) is 6.92 Å². The highest BCUT2D eigenvalue weighted by atomic mass is 16.1. The van der Waals surface area contributed by atoms with E-state index in [2.05, 4.69) is 35.3 Å². The van der Waals surface area contributed by atoms with E-state index < -0.39 is 0 Å². The van der Waals surface area contributed by atoms with Crippen LogP contribution in [0.1, 0.15) is 25.3 Å². The minimum atomic E-state index is 0.120. The number of hydrogen-bond donors (Lipinski definition) is 1. The maximum Gasteiger partial charge on any atom is 0.220 e. The minimum Gasteiger partial charge on any atom is -0.357 e. The average molecular weight is 192 g/mol. The summed E-state index contributed by atoms with van der Waals surface area (Å²) >= 11 is 0. The largest absolute Gasteiger partial charge is 0.357 e. The van der Waals surface area contributed by atoms with Crippen LogP contribution in [0.25, 0.3) is 0 Å². The zero-order chi connectivity index (χ0) is 10.2. The number of aromatic nitrogens is 1. The summed E-state index contributed by atoms with van der Waals surface area (Å²) in [7, 11) is 2.02. The summed E-state index contributed by atoms with van der Waals surface area (Å²) in [5, 5.41) is 2.93. The van der Waals surface area contributed by atoms with E-state index in [1.165, 1.54) is 5.56 Å². The molecular weight excluding hydrogens is 176 g/mol. The first-order valence-electron chi connectivity index (χ1n) is 4.99. The molecule has 1 aromatic rings. The van der Waals surface area contributed by atoms with E-state index >= 15 is 0 Å². The number of aryl methyl sites for hydroxylation is 1. The van der Waals surface area contributed by atoms with Crippen LogP contribution in [0.3, 0.4) is 0 Å². The lowest BCUT2D eigenvalue weighted by molar-refractivity contribution is -0.123. The Morgan fingerprint density at radius 3 is 2.86 bits per heavy atom. The summed E-state index contributed by atoms with van der Waals surface area (Å²) < 4.78 is 2.05. The van der Waals surface area contributed by atoms with E-state index in [0.29, 0.717) is 6.42 Å². The molecule has 1 atom stereocenters. The van der Waals surface area contributed by atoms with Gasteiger partial charge in [-0.15, -0.1) is 0 Å². The summed E-state index contributed by atoms with van der Waals surface area (Å²) in [6.45, 7) is 2.97. The van der Waals surface area contributed by atoms with Crippen molar-refractivity contribution < 1.29 is 4.79 Å². The molecule has 1 saturated heterocycles. The maximum atomic E-state index is 11.1. The van der Waals surface area contributed by atoms with E-state index in [1.54, 1.807) is 0 Å². The molecule has 0 radical (unpaired) electrons. The molecule has 1 aliphatic heterocycles. The first-order chi connectivity index (χ1) is 6.60. The first-order valence-corrected chi connectivity index (χ1v) is 4.99. The number of carbonyl (C=O) groups excluding carboxylic acids is 1. The van der Waals surface area contributed by atoms with Crippen molar-refractivity contribution in [3.63, 3.8) is 0 Å². The SMILES string of the molecule is Cn1ccc(C2(C)CCC(=O)NC2)c1. The first kappa shape index (κ1) is 9.31. The fourth-order valence-electron chi connectivity index (χ4n) is 1.97. The number of amides is 1. The van der Waals surface area contributed by atoms with Gasteiger partial charge in [-0.3, -0.25) is 4.79 Å². The normalized spacial score (nSPS) is 27.4. The van der Waals surface area contributed by atoms with Gasteiger partial charge in [0.1, 0.15) is 0 Å². The highest BCUT2D eigenvalue weighted by molar-refractivity contribution is 5.77. The Kier molecular flexibility index (Phi) is 2.10. The number of piperidine rings is 1. The molecule has 2 heterocycles. The summed E-state index contributed by atoms with van der Waals surface area (Å²) in [6, 6.07) is 2.14. The van der Waals surface area contributed by atoms with Gasteiger partial charge in [-0.25, -0.2) is 0 Å². The summed E-state index contributed by atoms with van der Waals surface area (Å²) in [6.07, 6.45) is 5.78. The molecule has 0 spiro atoms. The van der Waals surface area contributed by atoms with Crippen LogP contribution < -0.4 is 5.32 Å². The predicted octanol–water partition coefficient (Wildman–Crippen LogP) is 1.19. The predicted molar refractivity (Wildman–Crippen MR) is 55.0 cm³/mol. The molecule has 0 aromatic carbocycles. The van der Waals surface area contributed by atoms with Gasteiger partial charge in [0, 0.05) is 37.8 Å². The standard InChI is InChI=1S/C11H16N2O/c1-11(5-3-10(14)12-8-11)9-4-6-13(2)7-9/h4,6-7H,3,5,8H2,1-2H3,(H,12,14). The van der Waals surface area contributed by atoms with Crippen LogP contribution in [0.15, 0.2) is 18.5 Å². The number of nitrogens with zero attached hydrogens (tertiary/aromatic N) is 1. The van der Waals surface area contributed by atoms with Gasteiger partial charge in [0.15, 0.2) is 0 Å². The quantitative estimate of drug-likeness (QED) is 0.712. The van der Waals surface area contributed by atoms with Crippen LogP contribution in [0.2, 0.25) is 0 Å². The second-order valence-corrected chi connectivity index (χ2v) is 4.40. The van der Waals surface area contributed by atoms with Crippen molar-refractivity contribution in [3.8, 4) is 0 Å². The lowest BCUT2D eigenvalue weighted by Gasteiger charge is -2.33. The third-order valence-electron chi connectivity index (χ3n) is 3.11. The highest BCUT2D eigenvalue weighted by Gasteiger charge is 2.31. The molecule has 14 heavy (non-hydrogen) atoms. The molecule has 2 rings (SSSR count). The van der Waals surface area contributed by atoms with Gasteiger partial charge in [0.25, 0.3) is 0 Å². The molecule has 3 nitrogen and oxygen atoms in total. The molecule has 1 aliphatic rings. The smallest absolute Gasteiger partial charge is 0.220 e.